The first-order valence-electron chi connectivity index (χ1n) is 6.76. The molecule has 0 aliphatic rings. The molecule has 3 nitrogen and oxygen atoms in total. The van der Waals surface area contributed by atoms with Crippen molar-refractivity contribution in [3.63, 3.8) is 0 Å². The fourth-order valence-corrected chi connectivity index (χ4v) is 2.34. The van der Waals surface area contributed by atoms with Gasteiger partial charge in [-0.3, -0.25) is 0 Å². The average Bonchev–Trinajstić information content (AvgIpc) is 2.98. The van der Waals surface area contributed by atoms with E-state index in [0.29, 0.717) is 12.1 Å². The van der Waals surface area contributed by atoms with Crippen molar-refractivity contribution < 1.29 is 9.50 Å². The van der Waals surface area contributed by atoms with Crippen LogP contribution in [0.1, 0.15) is 17.4 Å². The third kappa shape index (κ3) is 3.01. The lowest BCUT2D eigenvalue weighted by Crippen LogP contribution is -2.09. The summed E-state index contributed by atoms with van der Waals surface area (Å²) >= 11 is 0. The van der Waals surface area contributed by atoms with Crippen LogP contribution in [-0.2, 0) is 6.42 Å². The molecule has 1 atom stereocenters. The quantitative estimate of drug-likeness (QED) is 0.797. The van der Waals surface area contributed by atoms with Gasteiger partial charge in [0.25, 0.3) is 0 Å². The summed E-state index contributed by atoms with van der Waals surface area (Å²) in [6.07, 6.45) is 1.25. The third-order valence-corrected chi connectivity index (χ3v) is 3.33. The van der Waals surface area contributed by atoms with Gasteiger partial charge in [0.05, 0.1) is 11.4 Å². The summed E-state index contributed by atoms with van der Waals surface area (Å²) in [7, 11) is 0. The SMILES string of the molecule is OC(Cc1cccc(F)c1)c1ccnn1-c1ccccc1. The van der Waals surface area contributed by atoms with Gasteiger partial charge >= 0.3 is 0 Å². The number of aromatic nitrogens is 2. The molecule has 0 radical (unpaired) electrons. The van der Waals surface area contributed by atoms with Gasteiger partial charge in [0.2, 0.25) is 0 Å². The molecule has 0 amide bonds. The number of nitrogens with zero attached hydrogens (tertiary/aromatic N) is 2. The van der Waals surface area contributed by atoms with Gasteiger partial charge in [-0.2, -0.15) is 5.10 Å². The maximum absolute atomic E-state index is 13.2. The van der Waals surface area contributed by atoms with E-state index in [1.165, 1.54) is 12.1 Å². The number of aliphatic hydroxyl groups is 1. The van der Waals surface area contributed by atoms with E-state index in [1.54, 1.807) is 29.1 Å². The third-order valence-electron chi connectivity index (χ3n) is 3.33. The first-order valence-corrected chi connectivity index (χ1v) is 6.76. The highest BCUT2D eigenvalue weighted by molar-refractivity contribution is 5.33. The predicted octanol–water partition coefficient (Wildman–Crippen LogP) is 3.29. The predicted molar refractivity (Wildman–Crippen MR) is 78.6 cm³/mol. The van der Waals surface area contributed by atoms with E-state index in [0.717, 1.165) is 11.3 Å². The summed E-state index contributed by atoms with van der Waals surface area (Å²) in [6, 6.07) is 17.7. The van der Waals surface area contributed by atoms with Crippen molar-refractivity contribution in [2.45, 2.75) is 12.5 Å². The summed E-state index contributed by atoms with van der Waals surface area (Å²) in [4.78, 5) is 0. The Morgan fingerprint density at radius 3 is 2.62 bits per heavy atom. The van der Waals surface area contributed by atoms with Gasteiger partial charge < -0.3 is 5.11 Å². The lowest BCUT2D eigenvalue weighted by molar-refractivity contribution is 0.170. The molecule has 0 fully saturated rings. The van der Waals surface area contributed by atoms with Crippen LogP contribution in [0.5, 0.6) is 0 Å². The molecule has 1 unspecified atom stereocenters. The highest BCUT2D eigenvalue weighted by Crippen LogP contribution is 2.21. The van der Waals surface area contributed by atoms with Crippen molar-refractivity contribution in [1.29, 1.82) is 0 Å². The topological polar surface area (TPSA) is 38.1 Å². The van der Waals surface area contributed by atoms with E-state index < -0.39 is 6.10 Å². The Bertz CT molecular complexity index is 724. The Balaban J connectivity index is 1.86. The zero-order valence-electron chi connectivity index (χ0n) is 11.4. The number of aliphatic hydroxyl groups excluding tert-OH is 1. The summed E-state index contributed by atoms with van der Waals surface area (Å²) in [5, 5.41) is 14.7. The molecular weight excluding hydrogens is 267 g/mol. The zero-order valence-corrected chi connectivity index (χ0v) is 11.4. The molecule has 0 saturated heterocycles. The second-order valence-electron chi connectivity index (χ2n) is 4.85. The van der Waals surface area contributed by atoms with E-state index in [4.69, 9.17) is 0 Å². The van der Waals surface area contributed by atoms with Gasteiger partial charge in [-0.1, -0.05) is 30.3 Å². The maximum Gasteiger partial charge on any atom is 0.123 e. The molecule has 1 N–H and O–H groups in total. The number of para-hydroxylation sites is 1. The fourth-order valence-electron chi connectivity index (χ4n) is 2.34. The Morgan fingerprint density at radius 2 is 1.86 bits per heavy atom. The van der Waals surface area contributed by atoms with Crippen molar-refractivity contribution in [1.82, 2.24) is 9.78 Å². The Hall–Kier alpha value is -2.46. The molecule has 2 aromatic carbocycles. The number of hydrogen-bond donors (Lipinski definition) is 1. The van der Waals surface area contributed by atoms with Gasteiger partial charge in [0, 0.05) is 12.6 Å². The van der Waals surface area contributed by atoms with Crippen molar-refractivity contribution in [2.75, 3.05) is 0 Å². The molecular formula is C17H15FN2O. The fraction of sp³-hybridized carbons (Fsp3) is 0.118. The molecule has 3 rings (SSSR count). The van der Waals surface area contributed by atoms with E-state index >= 15 is 0 Å². The number of halogens is 1. The van der Waals surface area contributed by atoms with Crippen LogP contribution in [0.4, 0.5) is 4.39 Å². The average molecular weight is 282 g/mol. The lowest BCUT2D eigenvalue weighted by atomic mass is 10.1. The smallest absolute Gasteiger partial charge is 0.123 e. The van der Waals surface area contributed by atoms with Crippen LogP contribution in [0.15, 0.2) is 66.9 Å². The second kappa shape index (κ2) is 5.89. The standard InChI is InChI=1S/C17H15FN2O/c18-14-6-4-5-13(11-14)12-17(21)16-9-10-19-20(16)15-7-2-1-3-8-15/h1-11,17,21H,12H2. The van der Waals surface area contributed by atoms with Gasteiger partial charge in [-0.05, 0) is 35.9 Å². The molecule has 4 heteroatoms. The molecule has 0 bridgehead atoms. The first kappa shape index (κ1) is 13.5. The highest BCUT2D eigenvalue weighted by atomic mass is 19.1. The Labute approximate surface area is 122 Å². The van der Waals surface area contributed by atoms with E-state index in [1.807, 2.05) is 30.3 Å². The van der Waals surface area contributed by atoms with Gasteiger partial charge in [-0.15, -0.1) is 0 Å². The minimum atomic E-state index is -0.741. The molecule has 0 aliphatic heterocycles. The van der Waals surface area contributed by atoms with Crippen LogP contribution in [-0.4, -0.2) is 14.9 Å². The molecule has 0 spiro atoms. The summed E-state index contributed by atoms with van der Waals surface area (Å²) in [5.74, 6) is -0.295. The van der Waals surface area contributed by atoms with E-state index in [9.17, 15) is 9.50 Å². The van der Waals surface area contributed by atoms with Gasteiger partial charge in [0.15, 0.2) is 0 Å². The van der Waals surface area contributed by atoms with Crippen LogP contribution in [0.25, 0.3) is 5.69 Å². The van der Waals surface area contributed by atoms with Crippen LogP contribution < -0.4 is 0 Å². The van der Waals surface area contributed by atoms with Crippen molar-refractivity contribution >= 4 is 0 Å². The number of rotatable bonds is 4. The van der Waals surface area contributed by atoms with Crippen LogP contribution in [0, 0.1) is 5.82 Å². The van der Waals surface area contributed by atoms with Crippen LogP contribution in [0.3, 0.4) is 0 Å². The normalized spacial score (nSPS) is 12.3. The zero-order chi connectivity index (χ0) is 14.7. The lowest BCUT2D eigenvalue weighted by Gasteiger charge is -2.13. The Kier molecular flexibility index (Phi) is 3.79. The second-order valence-corrected chi connectivity index (χ2v) is 4.85. The first-order chi connectivity index (χ1) is 10.2. The van der Waals surface area contributed by atoms with E-state index in [-0.39, 0.29) is 5.82 Å². The van der Waals surface area contributed by atoms with Gasteiger partial charge in [-0.25, -0.2) is 9.07 Å². The minimum absolute atomic E-state index is 0.295. The molecule has 1 heterocycles. The Morgan fingerprint density at radius 1 is 1.05 bits per heavy atom. The van der Waals surface area contributed by atoms with Crippen molar-refractivity contribution in [2.24, 2.45) is 0 Å². The summed E-state index contributed by atoms with van der Waals surface area (Å²) in [6.45, 7) is 0. The molecule has 0 aliphatic carbocycles. The molecule has 1 aromatic heterocycles. The largest absolute Gasteiger partial charge is 0.386 e. The summed E-state index contributed by atoms with van der Waals surface area (Å²) in [5.41, 5.74) is 2.32. The van der Waals surface area contributed by atoms with Gasteiger partial charge in [0.1, 0.15) is 11.9 Å². The van der Waals surface area contributed by atoms with E-state index in [2.05, 4.69) is 5.10 Å². The van der Waals surface area contributed by atoms with Crippen LogP contribution >= 0.6 is 0 Å². The van der Waals surface area contributed by atoms with Crippen molar-refractivity contribution in [3.05, 3.63) is 83.9 Å². The molecule has 21 heavy (non-hydrogen) atoms. The molecule has 106 valence electrons. The number of hydrogen-bond acceptors (Lipinski definition) is 2. The summed E-state index contributed by atoms with van der Waals surface area (Å²) < 4.78 is 14.9. The minimum Gasteiger partial charge on any atom is -0.386 e. The van der Waals surface area contributed by atoms with Crippen molar-refractivity contribution in [3.8, 4) is 5.69 Å². The van der Waals surface area contributed by atoms with Crippen LogP contribution in [0.2, 0.25) is 0 Å². The molecule has 3 aromatic rings. The monoisotopic (exact) mass is 282 g/mol. The molecule has 0 saturated carbocycles. The highest BCUT2D eigenvalue weighted by Gasteiger charge is 2.15. The maximum atomic E-state index is 13.2. The number of benzene rings is 2.